The number of nitrogens with one attached hydrogen (secondary N) is 1. The number of nitrogens with zero attached hydrogens (tertiary/aromatic N) is 1. The van der Waals surface area contributed by atoms with Crippen molar-refractivity contribution in [3.05, 3.63) is 84.1 Å². The summed E-state index contributed by atoms with van der Waals surface area (Å²) < 4.78 is 16.4. The molecule has 0 saturated heterocycles. The summed E-state index contributed by atoms with van der Waals surface area (Å²) >= 11 is 0. The molecule has 0 spiro atoms. The van der Waals surface area contributed by atoms with Crippen LogP contribution in [0.3, 0.4) is 0 Å². The Hall–Kier alpha value is -3.46. The molecule has 0 aliphatic rings. The zero-order valence-corrected chi connectivity index (χ0v) is 19.1. The monoisotopic (exact) mass is 466 g/mol. The van der Waals surface area contributed by atoms with Gasteiger partial charge in [-0.1, -0.05) is 30.3 Å². The van der Waals surface area contributed by atoms with Gasteiger partial charge in [-0.3, -0.25) is 0 Å². The molecule has 3 rings (SSSR count). The second-order valence-corrected chi connectivity index (χ2v) is 7.59. The molecule has 2 aromatic carbocycles. The molecule has 1 aromatic heterocycles. The van der Waals surface area contributed by atoms with Crippen LogP contribution in [0.25, 0.3) is 0 Å². The van der Waals surface area contributed by atoms with Gasteiger partial charge in [0.25, 0.3) is 0 Å². The molecule has 2 atom stereocenters. The van der Waals surface area contributed by atoms with Crippen LogP contribution in [0.2, 0.25) is 0 Å². The topological polar surface area (TPSA) is 110 Å². The maximum atomic E-state index is 12.1. The number of ether oxygens (including phenoxy) is 3. The van der Waals surface area contributed by atoms with Gasteiger partial charge in [-0.15, -0.1) is 0 Å². The molecule has 0 aliphatic heterocycles. The maximum absolute atomic E-state index is 12.1. The first-order chi connectivity index (χ1) is 16.6. The number of benzene rings is 2. The lowest BCUT2D eigenvalue weighted by molar-refractivity contribution is 0.0522. The minimum Gasteiger partial charge on any atom is -0.491 e. The van der Waals surface area contributed by atoms with E-state index in [1.54, 1.807) is 37.4 Å². The summed E-state index contributed by atoms with van der Waals surface area (Å²) in [5.74, 6) is 0.906. The highest BCUT2D eigenvalue weighted by atomic mass is 16.5. The first-order valence-corrected chi connectivity index (χ1v) is 11.2. The first kappa shape index (κ1) is 25.2. The molecule has 0 saturated carbocycles. The molecular weight excluding hydrogens is 436 g/mol. The highest BCUT2D eigenvalue weighted by Gasteiger charge is 2.16. The molecule has 3 N–H and O–H groups in total. The van der Waals surface area contributed by atoms with Crippen molar-refractivity contribution in [2.75, 3.05) is 26.4 Å². The number of aliphatic hydroxyl groups excluding tert-OH is 2. The van der Waals surface area contributed by atoms with Gasteiger partial charge in [0, 0.05) is 18.8 Å². The largest absolute Gasteiger partial charge is 0.491 e. The van der Waals surface area contributed by atoms with E-state index in [-0.39, 0.29) is 43.9 Å². The molecule has 8 heteroatoms. The normalized spacial score (nSPS) is 12.6. The van der Waals surface area contributed by atoms with Gasteiger partial charge in [0.05, 0.1) is 13.2 Å². The van der Waals surface area contributed by atoms with Gasteiger partial charge in [0.15, 0.2) is 0 Å². The molecule has 0 amide bonds. The van der Waals surface area contributed by atoms with Crippen molar-refractivity contribution in [1.82, 2.24) is 10.3 Å². The smallest absolute Gasteiger partial charge is 0.343 e. The van der Waals surface area contributed by atoms with Gasteiger partial charge in [-0.25, -0.2) is 9.78 Å². The standard InChI is InChI=1S/C26H30N2O6/c1-2-32-26(31)24-9-6-14-27-25(24)34-23-12-10-19(11-13-23)15-20(17-29)28-16-21(30)18-33-22-7-4-3-5-8-22/h3-14,20-21,28-30H,2,15-18H2,1H3/t20-,21-/m0/s1. The Balaban J connectivity index is 1.50. The molecule has 34 heavy (non-hydrogen) atoms. The van der Waals surface area contributed by atoms with Crippen molar-refractivity contribution in [2.45, 2.75) is 25.5 Å². The van der Waals surface area contributed by atoms with Crippen LogP contribution in [0, 0.1) is 0 Å². The molecule has 0 radical (unpaired) electrons. The third kappa shape index (κ3) is 7.84. The van der Waals surface area contributed by atoms with Crippen LogP contribution >= 0.6 is 0 Å². The Labute approximate surface area is 199 Å². The predicted octanol–water partition coefficient (Wildman–Crippen LogP) is 2.98. The van der Waals surface area contributed by atoms with Crippen molar-refractivity contribution in [2.24, 2.45) is 0 Å². The molecule has 0 bridgehead atoms. The highest BCUT2D eigenvalue weighted by Crippen LogP contribution is 2.24. The predicted molar refractivity (Wildman–Crippen MR) is 127 cm³/mol. The molecule has 3 aromatic rings. The van der Waals surface area contributed by atoms with Gasteiger partial charge in [-0.05, 0) is 55.3 Å². The van der Waals surface area contributed by atoms with E-state index >= 15 is 0 Å². The van der Waals surface area contributed by atoms with Crippen LogP contribution in [-0.2, 0) is 11.2 Å². The molecule has 1 heterocycles. The van der Waals surface area contributed by atoms with Crippen LogP contribution in [-0.4, -0.2) is 59.7 Å². The molecule has 180 valence electrons. The average Bonchev–Trinajstić information content (AvgIpc) is 2.87. The third-order valence-electron chi connectivity index (χ3n) is 4.93. The van der Waals surface area contributed by atoms with Crippen molar-refractivity contribution in [3.8, 4) is 17.4 Å². The second kappa shape index (κ2) is 13.3. The van der Waals surface area contributed by atoms with Crippen molar-refractivity contribution in [3.63, 3.8) is 0 Å². The number of para-hydroxylation sites is 1. The third-order valence-corrected chi connectivity index (χ3v) is 4.93. The first-order valence-electron chi connectivity index (χ1n) is 11.2. The van der Waals surface area contributed by atoms with Crippen LogP contribution in [0.1, 0.15) is 22.8 Å². The highest BCUT2D eigenvalue weighted by molar-refractivity contribution is 5.91. The lowest BCUT2D eigenvalue weighted by Gasteiger charge is -2.19. The van der Waals surface area contributed by atoms with Crippen molar-refractivity contribution in [1.29, 1.82) is 0 Å². The Morgan fingerprint density at radius 2 is 1.79 bits per heavy atom. The number of esters is 1. The SMILES string of the molecule is CCOC(=O)c1cccnc1Oc1ccc(C[C@@H](CO)NC[C@H](O)COc2ccccc2)cc1. The fourth-order valence-electron chi connectivity index (χ4n) is 3.20. The number of pyridine rings is 1. The number of carbonyl (C=O) groups excluding carboxylic acids is 1. The van der Waals surface area contributed by atoms with Crippen LogP contribution in [0.4, 0.5) is 0 Å². The van der Waals surface area contributed by atoms with E-state index in [1.165, 1.54) is 0 Å². The second-order valence-electron chi connectivity index (χ2n) is 7.59. The van der Waals surface area contributed by atoms with E-state index in [0.717, 1.165) is 5.56 Å². The number of hydrogen-bond donors (Lipinski definition) is 3. The quantitative estimate of drug-likeness (QED) is 0.330. The minimum absolute atomic E-state index is 0.0820. The van der Waals surface area contributed by atoms with E-state index in [1.807, 2.05) is 42.5 Å². The zero-order chi connectivity index (χ0) is 24.2. The van der Waals surface area contributed by atoms with E-state index in [2.05, 4.69) is 10.3 Å². The number of rotatable bonds is 13. The number of carbonyl (C=O) groups is 1. The fourth-order valence-corrected chi connectivity index (χ4v) is 3.20. The van der Waals surface area contributed by atoms with Gasteiger partial charge in [-0.2, -0.15) is 0 Å². The number of aromatic nitrogens is 1. The van der Waals surface area contributed by atoms with Gasteiger partial charge in [0.2, 0.25) is 5.88 Å². The lowest BCUT2D eigenvalue weighted by atomic mass is 10.1. The summed E-state index contributed by atoms with van der Waals surface area (Å²) in [6.07, 6.45) is 1.39. The van der Waals surface area contributed by atoms with Gasteiger partial charge in [0.1, 0.15) is 29.8 Å². The average molecular weight is 467 g/mol. The van der Waals surface area contributed by atoms with Crippen LogP contribution in [0.5, 0.6) is 17.4 Å². The number of hydrogen-bond acceptors (Lipinski definition) is 8. The van der Waals surface area contributed by atoms with Crippen LogP contribution in [0.15, 0.2) is 72.9 Å². The van der Waals surface area contributed by atoms with Crippen molar-refractivity contribution >= 4 is 5.97 Å². The van der Waals surface area contributed by atoms with Crippen LogP contribution < -0.4 is 14.8 Å². The van der Waals surface area contributed by atoms with Gasteiger partial charge >= 0.3 is 5.97 Å². The summed E-state index contributed by atoms with van der Waals surface area (Å²) in [5, 5.41) is 23.1. The Kier molecular flexibility index (Phi) is 9.84. The Morgan fingerprint density at radius 3 is 2.50 bits per heavy atom. The van der Waals surface area contributed by atoms with E-state index in [4.69, 9.17) is 14.2 Å². The van der Waals surface area contributed by atoms with E-state index in [9.17, 15) is 15.0 Å². The molecular formula is C26H30N2O6. The minimum atomic E-state index is -0.711. The number of aliphatic hydroxyl groups is 2. The summed E-state index contributed by atoms with van der Waals surface area (Å²) in [7, 11) is 0. The summed E-state index contributed by atoms with van der Waals surface area (Å²) in [4.78, 5) is 16.2. The van der Waals surface area contributed by atoms with Gasteiger partial charge < -0.3 is 29.7 Å². The van der Waals surface area contributed by atoms with Crippen molar-refractivity contribution < 1.29 is 29.2 Å². The molecule has 0 fully saturated rings. The van der Waals surface area contributed by atoms with E-state index < -0.39 is 12.1 Å². The Morgan fingerprint density at radius 1 is 1.03 bits per heavy atom. The summed E-state index contributed by atoms with van der Waals surface area (Å²) in [6.45, 7) is 2.36. The fraction of sp³-hybridized carbons (Fsp3) is 0.308. The zero-order valence-electron chi connectivity index (χ0n) is 19.1. The molecule has 0 unspecified atom stereocenters. The molecule has 8 nitrogen and oxygen atoms in total. The maximum Gasteiger partial charge on any atom is 0.343 e. The Bertz CT molecular complexity index is 1010. The lowest BCUT2D eigenvalue weighted by Crippen LogP contribution is -2.41. The van der Waals surface area contributed by atoms with E-state index in [0.29, 0.717) is 17.9 Å². The summed E-state index contributed by atoms with van der Waals surface area (Å²) in [5.41, 5.74) is 1.23. The summed E-state index contributed by atoms with van der Waals surface area (Å²) in [6, 6.07) is 19.6. The molecule has 0 aliphatic carbocycles.